The number of benzene rings is 1. The van der Waals surface area contributed by atoms with E-state index in [1.807, 2.05) is 38.1 Å². The van der Waals surface area contributed by atoms with Gasteiger partial charge in [0.1, 0.15) is 5.54 Å². The van der Waals surface area contributed by atoms with Crippen LogP contribution in [-0.2, 0) is 20.7 Å². The summed E-state index contributed by atoms with van der Waals surface area (Å²) < 4.78 is 5.29. The molecule has 0 bridgehead atoms. The van der Waals surface area contributed by atoms with Crippen LogP contribution in [0.4, 0.5) is 5.69 Å². The standard InChI is InChI=1S/C19H28N2O3/c1-4-15-9-6-7-10-16(15)21-17(22)11-12-19(21,3)18(23)20-13-8-14-24-5-2/h6-7,9-10H,4-5,8,11-14H2,1-3H3,(H,20,23)/t19-/m0/s1. The predicted octanol–water partition coefficient (Wildman–Crippen LogP) is 2.68. The summed E-state index contributed by atoms with van der Waals surface area (Å²) in [5.74, 6) is -0.0707. The van der Waals surface area contributed by atoms with Crippen LogP contribution in [0.5, 0.6) is 0 Å². The van der Waals surface area contributed by atoms with Crippen molar-refractivity contribution in [1.82, 2.24) is 5.32 Å². The Balaban J connectivity index is 2.14. The number of aryl methyl sites for hydroxylation is 1. The molecule has 1 aromatic carbocycles. The van der Waals surface area contributed by atoms with Crippen molar-refractivity contribution in [3.63, 3.8) is 0 Å². The van der Waals surface area contributed by atoms with Crippen molar-refractivity contribution < 1.29 is 14.3 Å². The summed E-state index contributed by atoms with van der Waals surface area (Å²) in [5.41, 5.74) is 1.12. The van der Waals surface area contributed by atoms with Crippen molar-refractivity contribution in [2.45, 2.75) is 52.0 Å². The number of carbonyl (C=O) groups is 2. The van der Waals surface area contributed by atoms with Gasteiger partial charge in [-0.25, -0.2) is 0 Å². The third-order valence-corrected chi connectivity index (χ3v) is 4.63. The highest BCUT2D eigenvalue weighted by Crippen LogP contribution is 2.37. The molecule has 0 saturated carbocycles. The summed E-state index contributed by atoms with van der Waals surface area (Å²) in [6, 6.07) is 7.83. The first-order chi connectivity index (χ1) is 11.5. The number of nitrogens with zero attached hydrogens (tertiary/aromatic N) is 1. The largest absolute Gasteiger partial charge is 0.382 e. The van der Waals surface area contributed by atoms with Crippen LogP contribution in [0.1, 0.15) is 45.6 Å². The van der Waals surface area contributed by atoms with Gasteiger partial charge in [-0.15, -0.1) is 0 Å². The molecule has 0 radical (unpaired) electrons. The van der Waals surface area contributed by atoms with Crippen LogP contribution in [0.2, 0.25) is 0 Å². The third-order valence-electron chi connectivity index (χ3n) is 4.63. The molecule has 1 aromatic rings. The zero-order valence-corrected chi connectivity index (χ0v) is 14.9. The van der Waals surface area contributed by atoms with Gasteiger partial charge in [-0.1, -0.05) is 25.1 Å². The Labute approximate surface area is 144 Å². The highest BCUT2D eigenvalue weighted by Gasteiger charge is 2.48. The van der Waals surface area contributed by atoms with Gasteiger partial charge >= 0.3 is 0 Å². The molecule has 1 aliphatic rings. The fourth-order valence-corrected chi connectivity index (χ4v) is 3.20. The number of nitrogens with one attached hydrogen (secondary N) is 1. The molecule has 5 heteroatoms. The Hall–Kier alpha value is -1.88. The number of amides is 2. The Morgan fingerprint density at radius 2 is 2.08 bits per heavy atom. The van der Waals surface area contributed by atoms with Crippen molar-refractivity contribution in [3.05, 3.63) is 29.8 Å². The minimum absolute atomic E-state index is 0.0165. The number of anilines is 1. The molecule has 2 amide bonds. The molecule has 132 valence electrons. The van der Waals surface area contributed by atoms with Gasteiger partial charge in [0.05, 0.1) is 0 Å². The molecule has 0 spiro atoms. The van der Waals surface area contributed by atoms with Gasteiger partial charge in [-0.05, 0) is 44.7 Å². The van der Waals surface area contributed by atoms with Crippen molar-refractivity contribution in [2.75, 3.05) is 24.7 Å². The van der Waals surface area contributed by atoms with Crippen molar-refractivity contribution in [3.8, 4) is 0 Å². The smallest absolute Gasteiger partial charge is 0.246 e. The maximum absolute atomic E-state index is 12.8. The maximum Gasteiger partial charge on any atom is 0.246 e. The molecule has 1 aliphatic heterocycles. The van der Waals surface area contributed by atoms with Crippen LogP contribution >= 0.6 is 0 Å². The topological polar surface area (TPSA) is 58.6 Å². The van der Waals surface area contributed by atoms with E-state index in [0.29, 0.717) is 32.6 Å². The number of hydrogen-bond donors (Lipinski definition) is 1. The molecule has 5 nitrogen and oxygen atoms in total. The van der Waals surface area contributed by atoms with Gasteiger partial charge < -0.3 is 10.1 Å². The summed E-state index contributed by atoms with van der Waals surface area (Å²) in [6.07, 6.45) is 2.54. The molecule has 1 heterocycles. The molecule has 0 aliphatic carbocycles. The summed E-state index contributed by atoms with van der Waals surface area (Å²) in [4.78, 5) is 27.0. The summed E-state index contributed by atoms with van der Waals surface area (Å²) in [5, 5.41) is 2.97. The molecular formula is C19H28N2O3. The molecule has 1 N–H and O–H groups in total. The second-order valence-corrected chi connectivity index (χ2v) is 6.29. The van der Waals surface area contributed by atoms with Crippen LogP contribution in [0.15, 0.2) is 24.3 Å². The highest BCUT2D eigenvalue weighted by atomic mass is 16.5. The predicted molar refractivity (Wildman–Crippen MR) is 95.1 cm³/mol. The lowest BCUT2D eigenvalue weighted by Gasteiger charge is -2.35. The maximum atomic E-state index is 12.8. The first-order valence-corrected chi connectivity index (χ1v) is 8.81. The summed E-state index contributed by atoms with van der Waals surface area (Å²) in [7, 11) is 0. The number of para-hydroxylation sites is 1. The number of ether oxygens (including phenoxy) is 1. The minimum atomic E-state index is -0.825. The first-order valence-electron chi connectivity index (χ1n) is 8.81. The number of carbonyl (C=O) groups excluding carboxylic acids is 2. The van der Waals surface area contributed by atoms with E-state index in [4.69, 9.17) is 4.74 Å². The molecule has 2 rings (SSSR count). The zero-order valence-electron chi connectivity index (χ0n) is 14.9. The second kappa shape index (κ2) is 8.29. The Morgan fingerprint density at radius 1 is 1.33 bits per heavy atom. The molecule has 0 unspecified atom stereocenters. The number of hydrogen-bond acceptors (Lipinski definition) is 3. The monoisotopic (exact) mass is 332 g/mol. The van der Waals surface area contributed by atoms with Gasteiger partial charge in [0.2, 0.25) is 11.8 Å². The summed E-state index contributed by atoms with van der Waals surface area (Å²) >= 11 is 0. The fraction of sp³-hybridized carbons (Fsp3) is 0.579. The van der Waals surface area contributed by atoms with Crippen LogP contribution in [-0.4, -0.2) is 37.1 Å². The zero-order chi connectivity index (χ0) is 17.6. The van der Waals surface area contributed by atoms with Gasteiger partial charge in [-0.2, -0.15) is 0 Å². The van der Waals surface area contributed by atoms with E-state index >= 15 is 0 Å². The normalized spacial score (nSPS) is 20.5. The van der Waals surface area contributed by atoms with E-state index in [1.165, 1.54) is 0 Å². The van der Waals surface area contributed by atoms with Gasteiger partial charge in [-0.3, -0.25) is 14.5 Å². The van der Waals surface area contributed by atoms with Gasteiger partial charge in [0.15, 0.2) is 0 Å². The van der Waals surface area contributed by atoms with Crippen molar-refractivity contribution in [1.29, 1.82) is 0 Å². The minimum Gasteiger partial charge on any atom is -0.382 e. The van der Waals surface area contributed by atoms with Gasteiger partial charge in [0.25, 0.3) is 0 Å². The average Bonchev–Trinajstić information content (AvgIpc) is 2.90. The van der Waals surface area contributed by atoms with Gasteiger partial charge in [0, 0.05) is 31.9 Å². The Bertz CT molecular complexity index is 588. The van der Waals surface area contributed by atoms with E-state index in [1.54, 1.807) is 4.90 Å². The second-order valence-electron chi connectivity index (χ2n) is 6.29. The lowest BCUT2D eigenvalue weighted by Crippen LogP contribution is -2.55. The van der Waals surface area contributed by atoms with Crippen LogP contribution in [0, 0.1) is 0 Å². The van der Waals surface area contributed by atoms with E-state index in [-0.39, 0.29) is 11.8 Å². The molecule has 0 aromatic heterocycles. The SMILES string of the molecule is CCOCCCNC(=O)[C@]1(C)CCC(=O)N1c1ccccc1CC. The molecule has 1 fully saturated rings. The Kier molecular flexibility index (Phi) is 6.37. The van der Waals surface area contributed by atoms with E-state index < -0.39 is 5.54 Å². The van der Waals surface area contributed by atoms with Crippen molar-refractivity contribution >= 4 is 17.5 Å². The summed E-state index contributed by atoms with van der Waals surface area (Å²) in [6.45, 7) is 7.75. The lowest BCUT2D eigenvalue weighted by molar-refractivity contribution is -0.127. The van der Waals surface area contributed by atoms with E-state index in [2.05, 4.69) is 12.2 Å². The quantitative estimate of drug-likeness (QED) is 0.745. The highest BCUT2D eigenvalue weighted by molar-refractivity contribution is 6.06. The first kappa shape index (κ1) is 18.5. The Morgan fingerprint density at radius 3 is 2.79 bits per heavy atom. The number of rotatable bonds is 8. The van der Waals surface area contributed by atoms with Crippen LogP contribution in [0.3, 0.4) is 0 Å². The molecular weight excluding hydrogens is 304 g/mol. The molecule has 1 atom stereocenters. The average molecular weight is 332 g/mol. The van der Waals surface area contributed by atoms with E-state index in [9.17, 15) is 9.59 Å². The van der Waals surface area contributed by atoms with Crippen LogP contribution < -0.4 is 10.2 Å². The fourth-order valence-electron chi connectivity index (χ4n) is 3.20. The molecule has 24 heavy (non-hydrogen) atoms. The molecule has 1 saturated heterocycles. The van der Waals surface area contributed by atoms with Crippen LogP contribution in [0.25, 0.3) is 0 Å². The third kappa shape index (κ3) is 3.78. The van der Waals surface area contributed by atoms with Crippen molar-refractivity contribution in [2.24, 2.45) is 0 Å². The lowest BCUT2D eigenvalue weighted by atomic mass is 9.96. The van der Waals surface area contributed by atoms with E-state index in [0.717, 1.165) is 24.1 Å².